The van der Waals surface area contributed by atoms with Crippen LogP contribution in [0.4, 0.5) is 0 Å². The van der Waals surface area contributed by atoms with E-state index in [0.717, 1.165) is 24.2 Å². The summed E-state index contributed by atoms with van der Waals surface area (Å²) in [6, 6.07) is 8.95. The van der Waals surface area contributed by atoms with Crippen LogP contribution in [0.25, 0.3) is 0 Å². The zero-order valence-corrected chi connectivity index (χ0v) is 15.9. The van der Waals surface area contributed by atoms with Gasteiger partial charge in [0.2, 0.25) is 0 Å². The number of guanidine groups is 1. The molecule has 2 aliphatic carbocycles. The highest BCUT2D eigenvalue weighted by atomic mass is 127. The summed E-state index contributed by atoms with van der Waals surface area (Å²) in [5.41, 5.74) is 1.52. The fourth-order valence-corrected chi connectivity index (χ4v) is 2.92. The van der Waals surface area contributed by atoms with Crippen LogP contribution in [0.2, 0.25) is 0 Å². The van der Waals surface area contributed by atoms with Crippen LogP contribution in [0.15, 0.2) is 29.3 Å². The summed E-state index contributed by atoms with van der Waals surface area (Å²) in [6.07, 6.45) is 3.66. The number of hydrogen-bond donors (Lipinski definition) is 2. The van der Waals surface area contributed by atoms with Gasteiger partial charge in [-0.1, -0.05) is 25.1 Å². The van der Waals surface area contributed by atoms with E-state index < -0.39 is 0 Å². The second kappa shape index (κ2) is 7.06. The second-order valence-corrected chi connectivity index (χ2v) is 6.37. The first kappa shape index (κ1) is 17.4. The van der Waals surface area contributed by atoms with Gasteiger partial charge in [0.25, 0.3) is 0 Å². The molecule has 2 N–H and O–H groups in total. The van der Waals surface area contributed by atoms with E-state index in [0.29, 0.717) is 6.04 Å². The number of nitrogens with zero attached hydrogens (tertiary/aromatic N) is 1. The third-order valence-corrected chi connectivity index (χ3v) is 4.78. The molecule has 2 saturated carbocycles. The molecule has 2 atom stereocenters. The molecule has 0 spiro atoms. The predicted octanol–water partition coefficient (Wildman–Crippen LogP) is 2.92. The van der Waals surface area contributed by atoms with Crippen LogP contribution in [0, 0.1) is 5.92 Å². The zero-order chi connectivity index (χ0) is 14.9. The van der Waals surface area contributed by atoms with E-state index in [2.05, 4.69) is 34.7 Å². The standard InChI is InChI=1S/C17H25N3O.HI/c1-12-10-14(12)20-16(18-2)19-11-17(8-9-17)13-6-4-5-7-15(13)21-3;/h4-7,12,14H,8-11H2,1-3H3,(H2,18,19,20);1H. The minimum atomic E-state index is 0. The van der Waals surface area contributed by atoms with Crippen molar-refractivity contribution in [1.29, 1.82) is 0 Å². The first-order valence-electron chi connectivity index (χ1n) is 7.79. The molecule has 122 valence electrons. The van der Waals surface area contributed by atoms with Crippen molar-refractivity contribution in [3.05, 3.63) is 29.8 Å². The molecule has 2 aliphatic rings. The smallest absolute Gasteiger partial charge is 0.191 e. The lowest BCUT2D eigenvalue weighted by Crippen LogP contribution is -2.42. The van der Waals surface area contributed by atoms with E-state index in [-0.39, 0.29) is 29.4 Å². The number of nitrogens with one attached hydrogen (secondary N) is 2. The van der Waals surface area contributed by atoms with Crippen LogP contribution >= 0.6 is 24.0 Å². The van der Waals surface area contributed by atoms with Crippen LogP contribution in [0.3, 0.4) is 0 Å². The lowest BCUT2D eigenvalue weighted by Gasteiger charge is -2.21. The van der Waals surface area contributed by atoms with Gasteiger partial charge in [-0.05, 0) is 31.2 Å². The van der Waals surface area contributed by atoms with Gasteiger partial charge in [0.1, 0.15) is 5.75 Å². The Labute approximate surface area is 150 Å². The Morgan fingerprint density at radius 1 is 1.36 bits per heavy atom. The summed E-state index contributed by atoms with van der Waals surface area (Å²) in [5, 5.41) is 6.98. The Kier molecular flexibility index (Phi) is 5.58. The number of ether oxygens (including phenoxy) is 1. The quantitative estimate of drug-likeness (QED) is 0.442. The summed E-state index contributed by atoms with van der Waals surface area (Å²) in [6.45, 7) is 3.18. The Morgan fingerprint density at radius 3 is 2.59 bits per heavy atom. The molecule has 0 heterocycles. The minimum absolute atomic E-state index is 0. The summed E-state index contributed by atoms with van der Waals surface area (Å²) in [4.78, 5) is 4.33. The summed E-state index contributed by atoms with van der Waals surface area (Å²) in [5.74, 6) is 2.69. The normalized spacial score (nSPS) is 25.0. The fourth-order valence-electron chi connectivity index (χ4n) is 2.92. The molecule has 2 unspecified atom stereocenters. The molecular formula is C17H26IN3O. The molecule has 0 amide bonds. The van der Waals surface area contributed by atoms with Gasteiger partial charge in [0.05, 0.1) is 7.11 Å². The Hall–Kier alpha value is -0.980. The highest BCUT2D eigenvalue weighted by Gasteiger charge is 2.46. The van der Waals surface area contributed by atoms with E-state index in [1.54, 1.807) is 7.11 Å². The maximum absolute atomic E-state index is 5.52. The molecule has 0 aromatic heterocycles. The van der Waals surface area contributed by atoms with E-state index in [1.165, 1.54) is 24.8 Å². The topological polar surface area (TPSA) is 45.7 Å². The maximum atomic E-state index is 5.52. The third kappa shape index (κ3) is 3.67. The molecule has 1 aromatic carbocycles. The average Bonchev–Trinajstić information content (AvgIpc) is 3.42. The molecule has 0 bridgehead atoms. The Balaban J connectivity index is 0.00000176. The van der Waals surface area contributed by atoms with Crippen LogP contribution in [0.5, 0.6) is 5.75 Å². The van der Waals surface area contributed by atoms with Gasteiger partial charge >= 0.3 is 0 Å². The average molecular weight is 415 g/mol. The summed E-state index contributed by atoms with van der Waals surface area (Å²) in [7, 11) is 3.59. The number of para-hydroxylation sites is 1. The minimum Gasteiger partial charge on any atom is -0.496 e. The van der Waals surface area contributed by atoms with Crippen molar-refractivity contribution in [2.45, 2.75) is 37.6 Å². The predicted molar refractivity (Wildman–Crippen MR) is 101 cm³/mol. The number of rotatable bonds is 5. The highest BCUT2D eigenvalue weighted by Crippen LogP contribution is 2.50. The molecule has 1 aromatic rings. The number of halogens is 1. The van der Waals surface area contributed by atoms with Crippen molar-refractivity contribution in [3.8, 4) is 5.75 Å². The fraction of sp³-hybridized carbons (Fsp3) is 0.588. The lowest BCUT2D eigenvalue weighted by molar-refractivity contribution is 0.403. The van der Waals surface area contributed by atoms with Crippen molar-refractivity contribution in [2.75, 3.05) is 20.7 Å². The van der Waals surface area contributed by atoms with E-state index in [1.807, 2.05) is 19.2 Å². The van der Waals surface area contributed by atoms with Crippen LogP contribution in [-0.4, -0.2) is 32.7 Å². The number of benzene rings is 1. The van der Waals surface area contributed by atoms with Gasteiger partial charge in [0.15, 0.2) is 5.96 Å². The third-order valence-electron chi connectivity index (χ3n) is 4.78. The van der Waals surface area contributed by atoms with Crippen molar-refractivity contribution in [2.24, 2.45) is 10.9 Å². The lowest BCUT2D eigenvalue weighted by atomic mass is 9.95. The molecule has 5 heteroatoms. The molecule has 22 heavy (non-hydrogen) atoms. The van der Waals surface area contributed by atoms with Crippen molar-refractivity contribution < 1.29 is 4.74 Å². The van der Waals surface area contributed by atoms with Gasteiger partial charge < -0.3 is 15.4 Å². The van der Waals surface area contributed by atoms with E-state index in [4.69, 9.17) is 4.74 Å². The Bertz CT molecular complexity index is 542. The van der Waals surface area contributed by atoms with E-state index in [9.17, 15) is 0 Å². The molecule has 3 rings (SSSR count). The van der Waals surface area contributed by atoms with Gasteiger partial charge in [-0.3, -0.25) is 4.99 Å². The second-order valence-electron chi connectivity index (χ2n) is 6.37. The summed E-state index contributed by atoms with van der Waals surface area (Å²) < 4.78 is 5.52. The summed E-state index contributed by atoms with van der Waals surface area (Å²) >= 11 is 0. The number of aliphatic imine (C=N–C) groups is 1. The zero-order valence-electron chi connectivity index (χ0n) is 13.6. The van der Waals surface area contributed by atoms with Crippen molar-refractivity contribution >= 4 is 29.9 Å². The molecule has 4 nitrogen and oxygen atoms in total. The van der Waals surface area contributed by atoms with Gasteiger partial charge in [0, 0.05) is 30.6 Å². The first-order valence-corrected chi connectivity index (χ1v) is 7.79. The first-order chi connectivity index (χ1) is 10.2. The SMILES string of the molecule is CN=C(NCC1(c2ccccc2OC)CC1)NC1CC1C.I. The molecule has 0 radical (unpaired) electrons. The monoisotopic (exact) mass is 415 g/mol. The van der Waals surface area contributed by atoms with Crippen LogP contribution in [-0.2, 0) is 5.41 Å². The Morgan fingerprint density at radius 2 is 2.05 bits per heavy atom. The highest BCUT2D eigenvalue weighted by molar-refractivity contribution is 14.0. The van der Waals surface area contributed by atoms with Crippen LogP contribution < -0.4 is 15.4 Å². The maximum Gasteiger partial charge on any atom is 0.191 e. The van der Waals surface area contributed by atoms with Crippen molar-refractivity contribution in [1.82, 2.24) is 10.6 Å². The largest absolute Gasteiger partial charge is 0.496 e. The molecule has 0 aliphatic heterocycles. The van der Waals surface area contributed by atoms with Gasteiger partial charge in [-0.2, -0.15) is 0 Å². The van der Waals surface area contributed by atoms with Gasteiger partial charge in [-0.15, -0.1) is 24.0 Å². The van der Waals surface area contributed by atoms with Crippen molar-refractivity contribution in [3.63, 3.8) is 0 Å². The molecule has 2 fully saturated rings. The van der Waals surface area contributed by atoms with E-state index >= 15 is 0 Å². The van der Waals surface area contributed by atoms with Gasteiger partial charge in [-0.25, -0.2) is 0 Å². The number of methoxy groups -OCH3 is 1. The number of hydrogen-bond acceptors (Lipinski definition) is 2. The van der Waals surface area contributed by atoms with Crippen LogP contribution in [0.1, 0.15) is 31.7 Å². The molecular weight excluding hydrogens is 389 g/mol. The molecule has 0 saturated heterocycles.